The molecule has 0 fully saturated rings. The van der Waals surface area contributed by atoms with Crippen LogP contribution in [0.5, 0.6) is 23.0 Å². The Hall–Kier alpha value is -2.66. The Morgan fingerprint density at radius 1 is 0.909 bits per heavy atom. The van der Waals surface area contributed by atoms with Crippen LogP contribution in [0.4, 0.5) is 0 Å². The first kappa shape index (κ1) is 15.7. The summed E-state index contributed by atoms with van der Waals surface area (Å²) in [7, 11) is 1.51. The van der Waals surface area contributed by atoms with Crippen LogP contribution in [0.15, 0.2) is 46.9 Å². The van der Waals surface area contributed by atoms with E-state index >= 15 is 0 Å². The first-order valence-corrected chi connectivity index (χ1v) is 6.24. The van der Waals surface area contributed by atoms with E-state index in [1.807, 2.05) is 0 Å². The Labute approximate surface area is 132 Å². The number of hydrogen-bond acceptors (Lipinski definition) is 4. The number of benzene rings is 2. The molecule has 3 aromatic rings. The van der Waals surface area contributed by atoms with E-state index in [-0.39, 0.29) is 29.7 Å². The minimum Gasteiger partial charge on any atom is -1.00 e. The smallest absolute Gasteiger partial charge is 0.402 e. The summed E-state index contributed by atoms with van der Waals surface area (Å²) >= 11 is 0. The van der Waals surface area contributed by atoms with Gasteiger partial charge in [-0.3, -0.25) is 0 Å². The third-order valence-electron chi connectivity index (χ3n) is 3.18. The molecule has 6 heteroatoms. The van der Waals surface area contributed by atoms with Crippen LogP contribution < -0.4 is 17.1 Å². The zero-order valence-corrected chi connectivity index (χ0v) is 12.3. The quantitative estimate of drug-likeness (QED) is 0.473. The molecule has 3 N–H and O–H groups in total. The molecule has 0 spiro atoms. The summed E-state index contributed by atoms with van der Waals surface area (Å²) in [4.78, 5) is 0. The monoisotopic (exact) mass is 320 g/mol. The minimum atomic E-state index is -0.249. The molecule has 5 nitrogen and oxygen atoms in total. The van der Waals surface area contributed by atoms with Crippen molar-refractivity contribution in [3.63, 3.8) is 0 Å². The molecule has 0 atom stereocenters. The number of phenols is 3. The van der Waals surface area contributed by atoms with Gasteiger partial charge in [0.2, 0.25) is 5.75 Å². The van der Waals surface area contributed by atoms with Crippen molar-refractivity contribution in [3.05, 3.63) is 42.5 Å². The predicted octanol–water partition coefficient (Wildman–Crippen LogP) is 0.510. The fourth-order valence-electron chi connectivity index (χ4n) is 2.12. The van der Waals surface area contributed by atoms with Gasteiger partial charge in [0, 0.05) is 12.1 Å². The normalized spacial score (nSPS) is 10.2. The van der Waals surface area contributed by atoms with Crippen molar-refractivity contribution in [2.24, 2.45) is 0 Å². The molecule has 0 bridgehead atoms. The molecule has 0 amide bonds. The van der Waals surface area contributed by atoms with Gasteiger partial charge in [-0.1, -0.05) is 0 Å². The van der Waals surface area contributed by atoms with E-state index in [1.165, 1.54) is 25.3 Å². The van der Waals surface area contributed by atoms with Crippen LogP contribution in [0.25, 0.3) is 22.3 Å². The molecule has 0 aliphatic rings. The Kier molecular flexibility index (Phi) is 4.28. The molecule has 114 valence electrons. The van der Waals surface area contributed by atoms with Crippen molar-refractivity contribution < 1.29 is 36.9 Å². The maximum atomic E-state index is 9.61. The van der Waals surface area contributed by atoms with E-state index < -0.39 is 0 Å². The molecule has 2 aromatic carbocycles. The van der Waals surface area contributed by atoms with Crippen molar-refractivity contribution in [2.45, 2.75) is 0 Å². The zero-order chi connectivity index (χ0) is 15.0. The maximum Gasteiger partial charge on any atom is 0.402 e. The lowest BCUT2D eigenvalue weighted by Gasteiger charge is -2.02. The highest BCUT2D eigenvalue weighted by Crippen LogP contribution is 2.38. The minimum absolute atomic E-state index is 0. The van der Waals surface area contributed by atoms with Gasteiger partial charge >= 0.3 is 11.3 Å². The van der Waals surface area contributed by atoms with Crippen LogP contribution in [0, 0.1) is 0 Å². The number of fused-ring (bicyclic) bond motifs is 1. The van der Waals surface area contributed by atoms with Gasteiger partial charge in [-0.2, -0.15) is 0 Å². The van der Waals surface area contributed by atoms with Crippen molar-refractivity contribution in [1.29, 1.82) is 0 Å². The molecule has 0 unspecified atom stereocenters. The van der Waals surface area contributed by atoms with E-state index in [1.54, 1.807) is 24.3 Å². The second kappa shape index (κ2) is 5.99. The van der Waals surface area contributed by atoms with Gasteiger partial charge in [0.1, 0.15) is 5.75 Å². The Bertz CT molecular complexity index is 832. The second-order valence-corrected chi connectivity index (χ2v) is 4.57. The average Bonchev–Trinajstić information content (AvgIpc) is 2.48. The fraction of sp³-hybridized carbons (Fsp3) is 0.0625. The summed E-state index contributed by atoms with van der Waals surface area (Å²) in [6.45, 7) is 0. The van der Waals surface area contributed by atoms with Crippen LogP contribution in [0.2, 0.25) is 0 Å². The van der Waals surface area contributed by atoms with Gasteiger partial charge in [0.25, 0.3) is 0 Å². The predicted molar refractivity (Wildman–Crippen MR) is 77.6 cm³/mol. The average molecular weight is 321 g/mol. The van der Waals surface area contributed by atoms with Crippen LogP contribution in [0.1, 0.15) is 0 Å². The highest BCUT2D eigenvalue weighted by Gasteiger charge is 2.23. The summed E-state index contributed by atoms with van der Waals surface area (Å²) in [5.41, 5.74) is 1.03. The number of halogens is 1. The van der Waals surface area contributed by atoms with Gasteiger partial charge < -0.3 is 32.5 Å². The van der Waals surface area contributed by atoms with Crippen LogP contribution in [-0.2, 0) is 0 Å². The Balaban J connectivity index is 0.00000176. The SMILES string of the molecule is COc1cc2ccc(O)cc2[o+]c1-c1ccc(O)c(O)c1.[Cl-]. The number of methoxy groups -OCH3 is 1. The van der Waals surface area contributed by atoms with Gasteiger partial charge in [-0.05, 0) is 24.3 Å². The van der Waals surface area contributed by atoms with Gasteiger partial charge in [-0.15, -0.1) is 0 Å². The third-order valence-corrected chi connectivity index (χ3v) is 3.18. The molecule has 3 rings (SSSR count). The van der Waals surface area contributed by atoms with Crippen molar-refractivity contribution in [3.8, 4) is 34.3 Å². The number of phenolic OH excluding ortho intramolecular Hbond substituents is 3. The molecule has 1 aromatic heterocycles. The Morgan fingerprint density at radius 2 is 1.68 bits per heavy atom. The van der Waals surface area contributed by atoms with Crippen molar-refractivity contribution in [1.82, 2.24) is 0 Å². The lowest BCUT2D eigenvalue weighted by Crippen LogP contribution is -3.00. The molecular formula is C16H13ClO5. The highest BCUT2D eigenvalue weighted by atomic mass is 35.5. The largest absolute Gasteiger partial charge is 1.00 e. The summed E-state index contributed by atoms with van der Waals surface area (Å²) in [6.07, 6.45) is 0. The second-order valence-electron chi connectivity index (χ2n) is 4.57. The van der Waals surface area contributed by atoms with Gasteiger partial charge in [0.05, 0.1) is 24.1 Å². The van der Waals surface area contributed by atoms with Crippen LogP contribution in [0.3, 0.4) is 0 Å². The van der Waals surface area contributed by atoms with E-state index in [4.69, 9.17) is 9.15 Å². The highest BCUT2D eigenvalue weighted by molar-refractivity contribution is 5.83. The lowest BCUT2D eigenvalue weighted by atomic mass is 10.1. The summed E-state index contributed by atoms with van der Waals surface area (Å²) in [6, 6.07) is 10.9. The molecule has 1 heterocycles. The molecule has 0 saturated carbocycles. The topological polar surface area (TPSA) is 81.2 Å². The summed E-state index contributed by atoms with van der Waals surface area (Å²) in [5.74, 6) is 0.511. The molecule has 0 radical (unpaired) electrons. The van der Waals surface area contributed by atoms with Crippen molar-refractivity contribution in [2.75, 3.05) is 7.11 Å². The van der Waals surface area contributed by atoms with Crippen LogP contribution in [-0.4, -0.2) is 22.4 Å². The van der Waals surface area contributed by atoms with Crippen molar-refractivity contribution >= 4 is 11.0 Å². The maximum absolute atomic E-state index is 9.61. The summed E-state index contributed by atoms with van der Waals surface area (Å²) in [5, 5.41) is 29.3. The van der Waals surface area contributed by atoms with E-state index in [0.29, 0.717) is 22.7 Å². The number of aromatic hydroxyl groups is 3. The Morgan fingerprint density at radius 3 is 2.36 bits per heavy atom. The van der Waals surface area contributed by atoms with E-state index in [0.717, 1.165) is 5.39 Å². The molecule has 0 aliphatic heterocycles. The number of hydrogen-bond donors (Lipinski definition) is 3. The van der Waals surface area contributed by atoms with E-state index in [2.05, 4.69) is 0 Å². The zero-order valence-electron chi connectivity index (χ0n) is 11.6. The molecule has 0 saturated heterocycles. The van der Waals surface area contributed by atoms with Gasteiger partial charge in [-0.25, -0.2) is 4.42 Å². The van der Waals surface area contributed by atoms with Gasteiger partial charge in [0.15, 0.2) is 11.5 Å². The number of rotatable bonds is 2. The van der Waals surface area contributed by atoms with E-state index in [9.17, 15) is 15.3 Å². The van der Waals surface area contributed by atoms with Crippen LogP contribution >= 0.6 is 0 Å². The first-order chi connectivity index (χ1) is 10.1. The third kappa shape index (κ3) is 2.71. The summed E-state index contributed by atoms with van der Waals surface area (Å²) < 4.78 is 11.1. The molecule has 22 heavy (non-hydrogen) atoms. The fourth-order valence-corrected chi connectivity index (χ4v) is 2.12. The first-order valence-electron chi connectivity index (χ1n) is 6.24. The lowest BCUT2D eigenvalue weighted by molar-refractivity contribution is -0.00000771. The molecule has 0 aliphatic carbocycles. The molecular weight excluding hydrogens is 308 g/mol. The number of ether oxygens (including phenoxy) is 1. The standard InChI is InChI=1S/C16H12O5.ClH/c1-20-15-7-9-2-4-11(17)8-14(9)21-16(15)10-3-5-12(18)13(19)6-10;/h2-8H,1H3,(H2-,17,18,19);1H.